The summed E-state index contributed by atoms with van der Waals surface area (Å²) in [6.45, 7) is 3.59. The van der Waals surface area contributed by atoms with Gasteiger partial charge in [-0.05, 0) is 43.2 Å². The number of methoxy groups -OCH3 is 1. The van der Waals surface area contributed by atoms with E-state index < -0.39 is 0 Å². The Morgan fingerprint density at radius 3 is 2.36 bits per heavy atom. The number of furan rings is 1. The second-order valence-electron chi connectivity index (χ2n) is 7.88. The van der Waals surface area contributed by atoms with Crippen LogP contribution in [-0.2, 0) is 22.6 Å². The molecule has 2 aromatic carbocycles. The molecule has 3 amide bonds. The number of benzene rings is 2. The zero-order valence-electron chi connectivity index (χ0n) is 19.2. The van der Waals surface area contributed by atoms with E-state index in [1.54, 1.807) is 24.3 Å². The number of ether oxygens (including phenoxy) is 1. The highest BCUT2D eigenvalue weighted by molar-refractivity contribution is 5.92. The van der Waals surface area contributed by atoms with E-state index in [-0.39, 0.29) is 18.5 Å². The Bertz CT molecular complexity index is 988. The van der Waals surface area contributed by atoms with E-state index in [0.29, 0.717) is 44.1 Å². The van der Waals surface area contributed by atoms with Crippen molar-refractivity contribution >= 4 is 17.6 Å². The minimum atomic E-state index is -0.319. The maximum atomic E-state index is 13.3. The highest BCUT2D eigenvalue weighted by Crippen LogP contribution is 2.13. The van der Waals surface area contributed by atoms with Crippen LogP contribution in [0, 0.1) is 6.92 Å². The molecule has 0 spiro atoms. The van der Waals surface area contributed by atoms with Crippen molar-refractivity contribution in [3.63, 3.8) is 0 Å². The number of hydrogen-bond donors (Lipinski definition) is 1. The Kier molecular flexibility index (Phi) is 9.08. The third-order valence-electron chi connectivity index (χ3n) is 5.19. The topological polar surface area (TPSA) is 75.0 Å². The summed E-state index contributed by atoms with van der Waals surface area (Å²) in [4.78, 5) is 29.6. The molecule has 3 aromatic rings. The highest BCUT2D eigenvalue weighted by Gasteiger charge is 2.22. The van der Waals surface area contributed by atoms with Gasteiger partial charge in [-0.25, -0.2) is 4.79 Å². The van der Waals surface area contributed by atoms with Gasteiger partial charge in [0.25, 0.3) is 0 Å². The first-order valence-electron chi connectivity index (χ1n) is 11.0. The molecule has 33 heavy (non-hydrogen) atoms. The molecule has 7 nitrogen and oxygen atoms in total. The van der Waals surface area contributed by atoms with Crippen molar-refractivity contribution in [3.05, 3.63) is 89.9 Å². The van der Waals surface area contributed by atoms with Crippen LogP contribution in [0.15, 0.2) is 77.4 Å². The van der Waals surface area contributed by atoms with Crippen LogP contribution in [0.1, 0.15) is 23.3 Å². The van der Waals surface area contributed by atoms with E-state index in [4.69, 9.17) is 9.15 Å². The van der Waals surface area contributed by atoms with E-state index in [1.165, 1.54) is 4.90 Å². The van der Waals surface area contributed by atoms with Gasteiger partial charge in [-0.2, -0.15) is 0 Å². The summed E-state index contributed by atoms with van der Waals surface area (Å²) in [5.41, 5.74) is 2.80. The molecule has 0 fully saturated rings. The summed E-state index contributed by atoms with van der Waals surface area (Å²) in [5.74, 6) is 0.529. The summed E-state index contributed by atoms with van der Waals surface area (Å²) in [5, 5.41) is 2.89. The van der Waals surface area contributed by atoms with Crippen LogP contribution in [-0.4, -0.2) is 48.5 Å². The van der Waals surface area contributed by atoms with E-state index in [0.717, 1.165) is 11.1 Å². The van der Waals surface area contributed by atoms with Crippen LogP contribution in [0.5, 0.6) is 0 Å². The maximum Gasteiger partial charge on any atom is 0.322 e. The Labute approximate surface area is 194 Å². The number of carbonyl (C=O) groups is 2. The van der Waals surface area contributed by atoms with Crippen molar-refractivity contribution in [2.24, 2.45) is 0 Å². The van der Waals surface area contributed by atoms with Gasteiger partial charge in [-0.1, -0.05) is 48.0 Å². The molecule has 0 saturated heterocycles. The van der Waals surface area contributed by atoms with Crippen LogP contribution in [0.4, 0.5) is 10.5 Å². The second kappa shape index (κ2) is 12.5. The molecular weight excluding hydrogens is 418 g/mol. The molecule has 1 aromatic heterocycles. The quantitative estimate of drug-likeness (QED) is 0.431. The van der Waals surface area contributed by atoms with Crippen LogP contribution < -0.4 is 5.32 Å². The first-order valence-corrected chi connectivity index (χ1v) is 11.0. The molecule has 1 heterocycles. The summed E-state index contributed by atoms with van der Waals surface area (Å²) >= 11 is 0. The Morgan fingerprint density at radius 2 is 1.70 bits per heavy atom. The summed E-state index contributed by atoms with van der Waals surface area (Å²) in [6, 6.07) is 20.7. The number of anilines is 1. The number of rotatable bonds is 11. The van der Waals surface area contributed by atoms with Gasteiger partial charge >= 0.3 is 6.03 Å². The number of amides is 3. The third-order valence-corrected chi connectivity index (χ3v) is 5.19. The van der Waals surface area contributed by atoms with Gasteiger partial charge in [0.2, 0.25) is 5.91 Å². The van der Waals surface area contributed by atoms with Crippen LogP contribution in [0.25, 0.3) is 0 Å². The lowest BCUT2D eigenvalue weighted by atomic mass is 10.2. The van der Waals surface area contributed by atoms with Crippen molar-refractivity contribution in [1.29, 1.82) is 0 Å². The largest absolute Gasteiger partial charge is 0.467 e. The van der Waals surface area contributed by atoms with E-state index >= 15 is 0 Å². The average Bonchev–Trinajstić information content (AvgIpc) is 3.33. The zero-order valence-corrected chi connectivity index (χ0v) is 19.2. The molecule has 0 aliphatic rings. The number of nitrogens with one attached hydrogen (secondary N) is 1. The minimum absolute atomic E-state index is 0.0467. The highest BCUT2D eigenvalue weighted by atomic mass is 16.5. The van der Waals surface area contributed by atoms with Crippen LogP contribution >= 0.6 is 0 Å². The monoisotopic (exact) mass is 449 g/mol. The fourth-order valence-corrected chi connectivity index (χ4v) is 3.38. The smallest absolute Gasteiger partial charge is 0.322 e. The van der Waals surface area contributed by atoms with Gasteiger partial charge in [0.1, 0.15) is 12.3 Å². The molecule has 0 radical (unpaired) electrons. The van der Waals surface area contributed by atoms with Crippen molar-refractivity contribution in [1.82, 2.24) is 9.80 Å². The SMILES string of the molecule is COCCCN(CC(=O)N(Cc1ccccc1)Cc1ccco1)C(=O)Nc1ccc(C)cc1. The van der Waals surface area contributed by atoms with Gasteiger partial charge < -0.3 is 24.3 Å². The third kappa shape index (κ3) is 7.80. The fourth-order valence-electron chi connectivity index (χ4n) is 3.38. The number of hydrogen-bond acceptors (Lipinski definition) is 4. The van der Waals surface area contributed by atoms with E-state index in [2.05, 4.69) is 5.32 Å². The van der Waals surface area contributed by atoms with Crippen molar-refractivity contribution in [2.45, 2.75) is 26.4 Å². The van der Waals surface area contributed by atoms with E-state index in [9.17, 15) is 9.59 Å². The number of urea groups is 1. The van der Waals surface area contributed by atoms with Crippen LogP contribution in [0.2, 0.25) is 0 Å². The normalized spacial score (nSPS) is 10.6. The lowest BCUT2D eigenvalue weighted by molar-refractivity contribution is -0.133. The summed E-state index contributed by atoms with van der Waals surface area (Å²) in [6.07, 6.45) is 2.22. The summed E-state index contributed by atoms with van der Waals surface area (Å²) < 4.78 is 10.6. The number of nitrogens with zero attached hydrogens (tertiary/aromatic N) is 2. The Morgan fingerprint density at radius 1 is 0.939 bits per heavy atom. The Hall–Kier alpha value is -3.58. The lowest BCUT2D eigenvalue weighted by Crippen LogP contribution is -2.44. The van der Waals surface area contributed by atoms with Crippen molar-refractivity contribution in [3.8, 4) is 0 Å². The molecule has 174 valence electrons. The van der Waals surface area contributed by atoms with E-state index in [1.807, 2.05) is 67.6 Å². The first kappa shape index (κ1) is 24.1. The van der Waals surface area contributed by atoms with Gasteiger partial charge in [-0.15, -0.1) is 0 Å². The molecule has 0 aliphatic heterocycles. The zero-order chi connectivity index (χ0) is 23.5. The van der Waals surface area contributed by atoms with Crippen molar-refractivity contribution in [2.75, 3.05) is 32.1 Å². The predicted molar refractivity (Wildman–Crippen MR) is 128 cm³/mol. The molecule has 0 unspecified atom stereocenters. The predicted octanol–water partition coefficient (Wildman–Crippen LogP) is 4.69. The fraction of sp³-hybridized carbons (Fsp3) is 0.308. The lowest BCUT2D eigenvalue weighted by Gasteiger charge is -2.27. The first-order chi connectivity index (χ1) is 16.0. The standard InChI is InChI=1S/C26H31N3O4/c1-21-11-13-23(14-12-21)27-26(31)28(15-7-16-32-2)20-25(30)29(19-24-10-6-17-33-24)18-22-8-4-3-5-9-22/h3-6,8-14,17H,7,15-16,18-20H2,1-2H3,(H,27,31). The molecule has 1 N–H and O–H groups in total. The molecule has 3 rings (SSSR count). The van der Waals surface area contributed by atoms with Gasteiger partial charge in [0.05, 0.1) is 12.8 Å². The molecule has 7 heteroatoms. The molecular formula is C26H31N3O4. The molecule has 0 aliphatic carbocycles. The minimum Gasteiger partial charge on any atom is -0.467 e. The molecule has 0 saturated carbocycles. The summed E-state index contributed by atoms with van der Waals surface area (Å²) in [7, 11) is 1.62. The van der Waals surface area contributed by atoms with Gasteiger partial charge in [-0.3, -0.25) is 4.79 Å². The number of aryl methyl sites for hydroxylation is 1. The maximum absolute atomic E-state index is 13.3. The van der Waals surface area contributed by atoms with Crippen LogP contribution in [0.3, 0.4) is 0 Å². The van der Waals surface area contributed by atoms with Gasteiger partial charge in [0, 0.05) is 32.5 Å². The second-order valence-corrected chi connectivity index (χ2v) is 7.88. The molecule has 0 bridgehead atoms. The average molecular weight is 450 g/mol. The number of carbonyl (C=O) groups excluding carboxylic acids is 2. The Balaban J connectivity index is 1.72. The molecule has 0 atom stereocenters. The van der Waals surface area contributed by atoms with Crippen molar-refractivity contribution < 1.29 is 18.7 Å². The van der Waals surface area contributed by atoms with Gasteiger partial charge in [0.15, 0.2) is 0 Å².